The third-order valence-electron chi connectivity index (χ3n) is 3.97. The first-order valence-electron chi connectivity index (χ1n) is 7.23. The Kier molecular flexibility index (Phi) is 5.28. The molecule has 2 rings (SSSR count). The van der Waals surface area contributed by atoms with Crippen LogP contribution < -0.4 is 5.32 Å². The summed E-state index contributed by atoms with van der Waals surface area (Å²) in [6, 6.07) is 6.38. The Morgan fingerprint density at radius 3 is 2.89 bits per heavy atom. The highest BCUT2D eigenvalue weighted by Crippen LogP contribution is 2.31. The van der Waals surface area contributed by atoms with Crippen LogP contribution in [0.5, 0.6) is 0 Å². The molecule has 0 spiro atoms. The molecule has 0 aromatic heterocycles. The highest BCUT2D eigenvalue weighted by Gasteiger charge is 2.25. The SMILES string of the molecule is CCSC1CCC(NC(C)c2ccc(C)c(F)c2)C1. The van der Waals surface area contributed by atoms with Crippen molar-refractivity contribution < 1.29 is 4.39 Å². The van der Waals surface area contributed by atoms with Crippen molar-refractivity contribution in [2.45, 2.75) is 57.4 Å². The van der Waals surface area contributed by atoms with Gasteiger partial charge >= 0.3 is 0 Å². The average molecular weight is 281 g/mol. The van der Waals surface area contributed by atoms with Crippen molar-refractivity contribution in [3.63, 3.8) is 0 Å². The molecule has 1 saturated carbocycles. The van der Waals surface area contributed by atoms with Gasteiger partial charge in [-0.1, -0.05) is 19.1 Å². The molecule has 3 unspecified atom stereocenters. The molecular weight excluding hydrogens is 257 g/mol. The van der Waals surface area contributed by atoms with E-state index >= 15 is 0 Å². The molecule has 1 fully saturated rings. The lowest BCUT2D eigenvalue weighted by atomic mass is 10.0. The minimum atomic E-state index is -0.100. The first-order valence-corrected chi connectivity index (χ1v) is 8.28. The Morgan fingerprint density at radius 2 is 2.21 bits per heavy atom. The van der Waals surface area contributed by atoms with E-state index in [1.54, 1.807) is 13.0 Å². The van der Waals surface area contributed by atoms with Gasteiger partial charge in [-0.05, 0) is 56.1 Å². The van der Waals surface area contributed by atoms with E-state index in [0.717, 1.165) is 16.4 Å². The van der Waals surface area contributed by atoms with Crippen LogP contribution >= 0.6 is 11.8 Å². The van der Waals surface area contributed by atoms with Crippen LogP contribution in [0.1, 0.15) is 50.3 Å². The third-order valence-corrected chi connectivity index (χ3v) is 5.20. The van der Waals surface area contributed by atoms with E-state index < -0.39 is 0 Å². The van der Waals surface area contributed by atoms with E-state index in [0.29, 0.717) is 6.04 Å². The van der Waals surface area contributed by atoms with Crippen molar-refractivity contribution in [2.75, 3.05) is 5.75 Å². The summed E-state index contributed by atoms with van der Waals surface area (Å²) in [6.07, 6.45) is 3.80. The Morgan fingerprint density at radius 1 is 1.42 bits per heavy atom. The van der Waals surface area contributed by atoms with Gasteiger partial charge in [0.15, 0.2) is 0 Å². The fourth-order valence-corrected chi connectivity index (χ4v) is 3.95. The topological polar surface area (TPSA) is 12.0 Å². The van der Waals surface area contributed by atoms with E-state index in [1.807, 2.05) is 12.1 Å². The number of aryl methyl sites for hydroxylation is 1. The van der Waals surface area contributed by atoms with Crippen molar-refractivity contribution in [3.05, 3.63) is 35.1 Å². The van der Waals surface area contributed by atoms with Crippen LogP contribution in [0.2, 0.25) is 0 Å². The summed E-state index contributed by atoms with van der Waals surface area (Å²) in [7, 11) is 0. The molecule has 1 aliphatic rings. The van der Waals surface area contributed by atoms with E-state index in [-0.39, 0.29) is 11.9 Å². The smallest absolute Gasteiger partial charge is 0.126 e. The van der Waals surface area contributed by atoms with Crippen LogP contribution in [0.4, 0.5) is 4.39 Å². The maximum Gasteiger partial charge on any atom is 0.126 e. The molecule has 3 atom stereocenters. The van der Waals surface area contributed by atoms with Crippen molar-refractivity contribution in [1.82, 2.24) is 5.32 Å². The number of thioether (sulfide) groups is 1. The maximum atomic E-state index is 13.6. The standard InChI is InChI=1S/C16H24FNS/c1-4-19-15-8-7-14(10-15)18-12(3)13-6-5-11(2)16(17)9-13/h5-6,9,12,14-15,18H,4,7-8,10H2,1-3H3. The molecule has 1 nitrogen and oxygen atoms in total. The summed E-state index contributed by atoms with van der Waals surface area (Å²) >= 11 is 2.07. The van der Waals surface area contributed by atoms with Gasteiger partial charge in [0.1, 0.15) is 5.82 Å². The van der Waals surface area contributed by atoms with Gasteiger partial charge in [-0.25, -0.2) is 4.39 Å². The lowest BCUT2D eigenvalue weighted by molar-refractivity contribution is 0.460. The molecule has 0 radical (unpaired) electrons. The van der Waals surface area contributed by atoms with Crippen molar-refractivity contribution in [3.8, 4) is 0 Å². The lowest BCUT2D eigenvalue weighted by Gasteiger charge is -2.20. The summed E-state index contributed by atoms with van der Waals surface area (Å²) in [5, 5.41) is 4.46. The number of rotatable bonds is 5. The number of halogens is 1. The number of hydrogen-bond donors (Lipinski definition) is 1. The van der Waals surface area contributed by atoms with Crippen LogP contribution in [-0.2, 0) is 0 Å². The summed E-state index contributed by atoms with van der Waals surface area (Å²) in [4.78, 5) is 0. The fourth-order valence-electron chi connectivity index (χ4n) is 2.81. The van der Waals surface area contributed by atoms with E-state index in [1.165, 1.54) is 25.0 Å². The molecule has 106 valence electrons. The normalized spacial score (nSPS) is 24.6. The van der Waals surface area contributed by atoms with Gasteiger partial charge in [0.2, 0.25) is 0 Å². The van der Waals surface area contributed by atoms with Gasteiger partial charge in [0, 0.05) is 17.3 Å². The van der Waals surface area contributed by atoms with Gasteiger partial charge in [0.25, 0.3) is 0 Å². The summed E-state index contributed by atoms with van der Waals surface area (Å²) in [5.74, 6) is 1.10. The molecule has 1 N–H and O–H groups in total. The minimum absolute atomic E-state index is 0.100. The van der Waals surface area contributed by atoms with Crippen LogP contribution in [-0.4, -0.2) is 17.0 Å². The predicted molar refractivity (Wildman–Crippen MR) is 82.2 cm³/mol. The molecular formula is C16H24FNS. The fraction of sp³-hybridized carbons (Fsp3) is 0.625. The highest BCUT2D eigenvalue weighted by atomic mass is 32.2. The third kappa shape index (κ3) is 3.96. The van der Waals surface area contributed by atoms with Crippen molar-refractivity contribution >= 4 is 11.8 Å². The Balaban J connectivity index is 1.90. The largest absolute Gasteiger partial charge is 0.307 e. The molecule has 1 aromatic carbocycles. The van der Waals surface area contributed by atoms with E-state index in [9.17, 15) is 4.39 Å². The first-order chi connectivity index (χ1) is 9.10. The zero-order chi connectivity index (χ0) is 13.8. The molecule has 1 aromatic rings. The lowest BCUT2D eigenvalue weighted by Crippen LogP contribution is -2.29. The number of nitrogens with one attached hydrogen (secondary N) is 1. The van der Waals surface area contributed by atoms with Gasteiger partial charge in [-0.15, -0.1) is 0 Å². The summed E-state index contributed by atoms with van der Waals surface area (Å²) < 4.78 is 13.6. The summed E-state index contributed by atoms with van der Waals surface area (Å²) in [6.45, 7) is 6.16. The van der Waals surface area contributed by atoms with Crippen molar-refractivity contribution in [2.24, 2.45) is 0 Å². The Hall–Kier alpha value is -0.540. The number of hydrogen-bond acceptors (Lipinski definition) is 2. The molecule has 0 bridgehead atoms. The average Bonchev–Trinajstić information content (AvgIpc) is 2.80. The van der Waals surface area contributed by atoms with E-state index in [2.05, 4.69) is 30.9 Å². The van der Waals surface area contributed by atoms with Crippen LogP contribution in [0.15, 0.2) is 18.2 Å². The number of benzene rings is 1. The van der Waals surface area contributed by atoms with Gasteiger partial charge in [-0.2, -0.15) is 11.8 Å². The Bertz CT molecular complexity index is 421. The molecule has 19 heavy (non-hydrogen) atoms. The maximum absolute atomic E-state index is 13.6. The van der Waals surface area contributed by atoms with Gasteiger partial charge < -0.3 is 5.32 Å². The van der Waals surface area contributed by atoms with Crippen LogP contribution in [0.25, 0.3) is 0 Å². The molecule has 0 amide bonds. The van der Waals surface area contributed by atoms with Gasteiger partial charge in [0.05, 0.1) is 0 Å². The van der Waals surface area contributed by atoms with Crippen molar-refractivity contribution in [1.29, 1.82) is 0 Å². The zero-order valence-electron chi connectivity index (χ0n) is 12.1. The summed E-state index contributed by atoms with van der Waals surface area (Å²) in [5.41, 5.74) is 1.77. The van der Waals surface area contributed by atoms with E-state index in [4.69, 9.17) is 0 Å². The molecule has 0 saturated heterocycles. The second kappa shape index (κ2) is 6.76. The predicted octanol–water partition coefficient (Wildman–Crippen LogP) is 4.46. The van der Waals surface area contributed by atoms with Gasteiger partial charge in [-0.3, -0.25) is 0 Å². The zero-order valence-corrected chi connectivity index (χ0v) is 12.9. The Labute approximate surface area is 120 Å². The second-order valence-corrected chi connectivity index (χ2v) is 7.06. The monoisotopic (exact) mass is 281 g/mol. The molecule has 0 heterocycles. The molecule has 1 aliphatic carbocycles. The molecule has 0 aliphatic heterocycles. The van der Waals surface area contributed by atoms with Crippen LogP contribution in [0, 0.1) is 12.7 Å². The first kappa shape index (κ1) is 14.9. The highest BCUT2D eigenvalue weighted by molar-refractivity contribution is 7.99. The molecule has 3 heteroatoms. The second-order valence-electron chi connectivity index (χ2n) is 5.48. The quantitative estimate of drug-likeness (QED) is 0.855. The minimum Gasteiger partial charge on any atom is -0.307 e. The van der Waals surface area contributed by atoms with Crippen LogP contribution in [0.3, 0.4) is 0 Å².